The van der Waals surface area contributed by atoms with Crippen LogP contribution in [0.25, 0.3) is 0 Å². The van der Waals surface area contributed by atoms with Crippen molar-refractivity contribution in [3.8, 4) is 17.2 Å². The second kappa shape index (κ2) is 16.8. The molecule has 0 unspecified atom stereocenters. The van der Waals surface area contributed by atoms with E-state index < -0.39 is 46.5 Å². The maximum atomic E-state index is 14.9. The van der Waals surface area contributed by atoms with Crippen molar-refractivity contribution >= 4 is 23.3 Å². The fraction of sp³-hybridized carbons (Fsp3) is 0.412. The summed E-state index contributed by atoms with van der Waals surface area (Å²) in [5.41, 5.74) is -0.619. The molecule has 0 aromatic heterocycles. The predicted octanol–water partition coefficient (Wildman–Crippen LogP) is 8.24. The monoisotopic (exact) mass is 644 g/mol. The van der Waals surface area contributed by atoms with Crippen molar-refractivity contribution in [3.05, 3.63) is 77.4 Å². The molecule has 0 aliphatic carbocycles. The van der Waals surface area contributed by atoms with Gasteiger partial charge in [0.1, 0.15) is 17.7 Å². The highest BCUT2D eigenvalue weighted by atomic mass is 19.1. The molecule has 8 nitrogen and oxygen atoms in total. The molecule has 1 heterocycles. The number of ether oxygens (including phenoxy) is 2. The molecule has 3 aromatic rings. The number of urea groups is 1. The summed E-state index contributed by atoms with van der Waals surface area (Å²) in [6, 6.07) is 8.22. The number of likely N-dealkylation sites (tertiary alicyclic amines) is 1. The van der Waals surface area contributed by atoms with E-state index in [2.05, 4.69) is 27.8 Å². The van der Waals surface area contributed by atoms with E-state index in [-0.39, 0.29) is 29.0 Å². The molecular formula is C34H40F4N4O4. The van der Waals surface area contributed by atoms with Gasteiger partial charge in [-0.2, -0.15) is 0 Å². The molecule has 0 atom stereocenters. The average molecular weight is 645 g/mol. The lowest BCUT2D eigenvalue weighted by Crippen LogP contribution is -2.38. The van der Waals surface area contributed by atoms with E-state index in [1.165, 1.54) is 24.3 Å². The Morgan fingerprint density at radius 3 is 2.17 bits per heavy atom. The maximum Gasteiger partial charge on any atom is 0.319 e. The Labute approximate surface area is 266 Å². The first kappa shape index (κ1) is 34.6. The van der Waals surface area contributed by atoms with Gasteiger partial charge in [0.05, 0.1) is 11.3 Å². The van der Waals surface area contributed by atoms with E-state index in [9.17, 15) is 27.2 Å². The first-order valence-corrected chi connectivity index (χ1v) is 15.7. The first-order chi connectivity index (χ1) is 22.2. The van der Waals surface area contributed by atoms with Crippen molar-refractivity contribution in [2.45, 2.75) is 64.9 Å². The highest BCUT2D eigenvalue weighted by molar-refractivity contribution is 6.04. The minimum atomic E-state index is -0.932. The summed E-state index contributed by atoms with van der Waals surface area (Å²) in [5.74, 6) is -5.02. The molecule has 3 aromatic carbocycles. The second-order valence-corrected chi connectivity index (χ2v) is 11.2. The third kappa shape index (κ3) is 9.84. The Bertz CT molecular complexity index is 1480. The van der Waals surface area contributed by atoms with E-state index in [1.54, 1.807) is 0 Å². The smallest absolute Gasteiger partial charge is 0.319 e. The summed E-state index contributed by atoms with van der Waals surface area (Å²) in [4.78, 5) is 27.0. The molecule has 1 aliphatic rings. The van der Waals surface area contributed by atoms with Crippen molar-refractivity contribution in [2.75, 3.05) is 36.8 Å². The zero-order valence-corrected chi connectivity index (χ0v) is 26.1. The number of halogens is 4. The Kier molecular flexibility index (Phi) is 12.6. The molecule has 4 rings (SSSR count). The van der Waals surface area contributed by atoms with Crippen LogP contribution in [0, 0.1) is 23.3 Å². The van der Waals surface area contributed by atoms with Crippen molar-refractivity contribution in [1.29, 1.82) is 0 Å². The summed E-state index contributed by atoms with van der Waals surface area (Å²) >= 11 is 0. The average Bonchev–Trinajstić information content (AvgIpc) is 3.03. The summed E-state index contributed by atoms with van der Waals surface area (Å²) in [5, 5.41) is 7.33. The SMILES string of the molecule is CCCCCNC(=O)Nc1cc(F)c(Oc2ccc(NC(=O)c3cc(F)c(OC4CCN(CCCC)CC4)cc3F)cc2)cc1F. The van der Waals surface area contributed by atoms with Crippen molar-refractivity contribution in [1.82, 2.24) is 10.2 Å². The zero-order chi connectivity index (χ0) is 33.1. The van der Waals surface area contributed by atoms with Crippen LogP contribution in [0.15, 0.2) is 48.5 Å². The molecule has 3 amide bonds. The first-order valence-electron chi connectivity index (χ1n) is 15.7. The van der Waals surface area contributed by atoms with Crippen LogP contribution in [-0.4, -0.2) is 49.1 Å². The number of nitrogens with zero attached hydrogens (tertiary/aromatic N) is 1. The number of carbonyl (C=O) groups excluding carboxylic acids is 2. The lowest BCUT2D eigenvalue weighted by molar-refractivity contribution is 0.0958. The predicted molar refractivity (Wildman–Crippen MR) is 169 cm³/mol. The summed E-state index contributed by atoms with van der Waals surface area (Å²) in [6.45, 7) is 7.24. The highest BCUT2D eigenvalue weighted by Crippen LogP contribution is 2.30. The minimum Gasteiger partial charge on any atom is -0.487 e. The van der Waals surface area contributed by atoms with Crippen LogP contribution in [0.4, 0.5) is 33.7 Å². The largest absolute Gasteiger partial charge is 0.487 e. The number of benzene rings is 3. The van der Waals surface area contributed by atoms with Gasteiger partial charge in [-0.25, -0.2) is 22.4 Å². The topological polar surface area (TPSA) is 91.9 Å². The van der Waals surface area contributed by atoms with Gasteiger partial charge in [0.15, 0.2) is 29.0 Å². The standard InChI is InChI=1S/C34H40F4N4O4/c1-3-5-7-14-39-34(44)41-30-19-29(38)32(21-27(30)36)45-23-10-8-22(9-11-23)40-33(43)25-18-28(37)31(20-26(25)35)46-24-12-16-42(17-13-24)15-6-4-2/h8-11,18-21,24H,3-7,12-17H2,1-2H3,(H,40,43)(H2,39,41,44). The summed E-state index contributed by atoms with van der Waals surface area (Å²) in [7, 11) is 0. The van der Waals surface area contributed by atoms with E-state index >= 15 is 0 Å². The molecule has 0 radical (unpaired) electrons. The van der Waals surface area contributed by atoms with Crippen LogP contribution in [0.5, 0.6) is 17.2 Å². The van der Waals surface area contributed by atoms with Crippen LogP contribution in [0.2, 0.25) is 0 Å². The molecule has 0 saturated carbocycles. The van der Waals surface area contributed by atoms with Crippen molar-refractivity contribution in [3.63, 3.8) is 0 Å². The normalized spacial score (nSPS) is 13.7. The van der Waals surface area contributed by atoms with Crippen LogP contribution in [0.1, 0.15) is 69.2 Å². The highest BCUT2D eigenvalue weighted by Gasteiger charge is 2.23. The molecule has 3 N–H and O–H groups in total. The Morgan fingerprint density at radius 2 is 1.48 bits per heavy atom. The molecule has 0 spiro atoms. The van der Waals surface area contributed by atoms with Gasteiger partial charge in [-0.1, -0.05) is 33.1 Å². The van der Waals surface area contributed by atoms with Gasteiger partial charge < -0.3 is 30.3 Å². The van der Waals surface area contributed by atoms with Crippen molar-refractivity contribution < 1.29 is 36.6 Å². The number of piperidine rings is 1. The van der Waals surface area contributed by atoms with Crippen LogP contribution in [0.3, 0.4) is 0 Å². The number of nitrogens with one attached hydrogen (secondary N) is 3. The van der Waals surface area contributed by atoms with Gasteiger partial charge in [0.2, 0.25) is 0 Å². The maximum absolute atomic E-state index is 14.9. The molecule has 1 fully saturated rings. The molecule has 248 valence electrons. The van der Waals surface area contributed by atoms with E-state index in [0.717, 1.165) is 76.0 Å². The Balaban J connectivity index is 1.31. The molecule has 0 bridgehead atoms. The van der Waals surface area contributed by atoms with E-state index in [4.69, 9.17) is 9.47 Å². The van der Waals surface area contributed by atoms with Crippen LogP contribution >= 0.6 is 0 Å². The molecule has 1 saturated heterocycles. The third-order valence-corrected chi connectivity index (χ3v) is 7.60. The molecular weight excluding hydrogens is 604 g/mol. The van der Waals surface area contributed by atoms with Gasteiger partial charge in [0.25, 0.3) is 5.91 Å². The van der Waals surface area contributed by atoms with Gasteiger partial charge in [-0.15, -0.1) is 0 Å². The number of carbonyl (C=O) groups is 2. The van der Waals surface area contributed by atoms with Crippen molar-refractivity contribution in [2.24, 2.45) is 0 Å². The third-order valence-electron chi connectivity index (χ3n) is 7.60. The zero-order valence-electron chi connectivity index (χ0n) is 26.1. The van der Waals surface area contributed by atoms with Gasteiger partial charge >= 0.3 is 6.03 Å². The quantitative estimate of drug-likeness (QED) is 0.121. The van der Waals surface area contributed by atoms with E-state index in [0.29, 0.717) is 19.4 Å². The fourth-order valence-corrected chi connectivity index (χ4v) is 4.98. The number of hydrogen-bond donors (Lipinski definition) is 3. The molecule has 12 heteroatoms. The number of hydrogen-bond acceptors (Lipinski definition) is 5. The van der Waals surface area contributed by atoms with Gasteiger partial charge in [-0.05, 0) is 62.6 Å². The lowest BCUT2D eigenvalue weighted by atomic mass is 10.1. The van der Waals surface area contributed by atoms with E-state index in [1.807, 2.05) is 6.92 Å². The van der Waals surface area contributed by atoms with Crippen LogP contribution < -0.4 is 25.4 Å². The molecule has 46 heavy (non-hydrogen) atoms. The fourth-order valence-electron chi connectivity index (χ4n) is 4.98. The number of amides is 3. The number of unbranched alkanes of at least 4 members (excludes halogenated alkanes) is 3. The molecule has 1 aliphatic heterocycles. The van der Waals surface area contributed by atoms with Gasteiger partial charge in [-0.3, -0.25) is 4.79 Å². The number of anilines is 2. The second-order valence-electron chi connectivity index (χ2n) is 11.2. The van der Waals surface area contributed by atoms with Crippen LogP contribution in [-0.2, 0) is 0 Å². The summed E-state index contributed by atoms with van der Waals surface area (Å²) in [6.07, 6.45) is 6.08. The lowest BCUT2D eigenvalue weighted by Gasteiger charge is -2.32. The Hall–Kier alpha value is -4.32. The Morgan fingerprint density at radius 1 is 0.804 bits per heavy atom. The summed E-state index contributed by atoms with van der Waals surface area (Å²) < 4.78 is 70.1. The minimum absolute atomic E-state index is 0.112. The van der Waals surface area contributed by atoms with Gasteiger partial charge in [0, 0.05) is 43.5 Å². The number of rotatable bonds is 14.